The minimum atomic E-state index is -5.85. The lowest BCUT2D eigenvalue weighted by Crippen LogP contribution is -2.44. The van der Waals surface area contributed by atoms with E-state index in [0.29, 0.717) is 11.1 Å². The van der Waals surface area contributed by atoms with Gasteiger partial charge >= 0.3 is 12.1 Å². The van der Waals surface area contributed by atoms with Gasteiger partial charge < -0.3 is 0 Å². The highest BCUT2D eigenvalue weighted by Gasteiger charge is 2.62. The minimum absolute atomic E-state index is 0.184. The van der Waals surface area contributed by atoms with Crippen molar-refractivity contribution in [2.75, 3.05) is 0 Å². The van der Waals surface area contributed by atoms with Crippen molar-refractivity contribution in [1.29, 1.82) is 0 Å². The van der Waals surface area contributed by atoms with Gasteiger partial charge in [0.1, 0.15) is 0 Å². The summed E-state index contributed by atoms with van der Waals surface area (Å²) in [4.78, 5) is 11.1. The summed E-state index contributed by atoms with van der Waals surface area (Å²) in [7, 11) is 0. The Bertz CT molecular complexity index is 462. The van der Waals surface area contributed by atoms with Crippen LogP contribution < -0.4 is 0 Å². The first-order valence-electron chi connectivity index (χ1n) is 5.09. The zero-order chi connectivity index (χ0) is 14.1. The number of alkyl halides is 5. The standard InChI is InChI=1S/C12H11F5O/c1-7-3-4-8(2)9(5-7)6-10(18)11(13,14)12(15,16)17/h3-5H,6H2,1-2H3. The second-order valence-electron chi connectivity index (χ2n) is 4.10. The summed E-state index contributed by atoms with van der Waals surface area (Å²) in [5.74, 6) is -7.44. The fraction of sp³-hybridized carbons (Fsp3) is 0.417. The first-order valence-corrected chi connectivity index (χ1v) is 5.09. The van der Waals surface area contributed by atoms with Crippen LogP contribution in [0.15, 0.2) is 18.2 Å². The first-order chi connectivity index (χ1) is 8.05. The van der Waals surface area contributed by atoms with Crippen LogP contribution in [0.1, 0.15) is 16.7 Å². The van der Waals surface area contributed by atoms with E-state index in [2.05, 4.69) is 0 Å². The number of hydrogen-bond acceptors (Lipinski definition) is 1. The number of rotatable bonds is 3. The zero-order valence-electron chi connectivity index (χ0n) is 9.74. The molecule has 0 saturated carbocycles. The maximum Gasteiger partial charge on any atom is 0.461 e. The summed E-state index contributed by atoms with van der Waals surface area (Å²) in [6, 6.07) is 4.69. The van der Waals surface area contributed by atoms with E-state index in [1.165, 1.54) is 6.07 Å². The minimum Gasteiger partial charge on any atom is -0.292 e. The van der Waals surface area contributed by atoms with Crippen molar-refractivity contribution in [1.82, 2.24) is 0 Å². The lowest BCUT2D eigenvalue weighted by Gasteiger charge is -2.18. The lowest BCUT2D eigenvalue weighted by molar-refractivity contribution is -0.268. The van der Waals surface area contributed by atoms with Gasteiger partial charge in [0.25, 0.3) is 0 Å². The van der Waals surface area contributed by atoms with Gasteiger partial charge in [-0.25, -0.2) is 0 Å². The van der Waals surface area contributed by atoms with Crippen molar-refractivity contribution in [2.45, 2.75) is 32.4 Å². The molecule has 0 atom stereocenters. The molecule has 0 unspecified atom stereocenters. The van der Waals surface area contributed by atoms with Gasteiger partial charge in [-0.2, -0.15) is 22.0 Å². The molecule has 0 saturated heterocycles. The Kier molecular flexibility index (Phi) is 3.78. The molecule has 100 valence electrons. The van der Waals surface area contributed by atoms with Gasteiger partial charge in [-0.1, -0.05) is 23.8 Å². The third kappa shape index (κ3) is 2.86. The smallest absolute Gasteiger partial charge is 0.292 e. The monoisotopic (exact) mass is 266 g/mol. The van der Waals surface area contributed by atoms with E-state index >= 15 is 0 Å². The highest BCUT2D eigenvalue weighted by atomic mass is 19.4. The van der Waals surface area contributed by atoms with Gasteiger partial charge in [-0.3, -0.25) is 4.79 Å². The molecule has 1 aromatic rings. The maximum absolute atomic E-state index is 12.8. The van der Waals surface area contributed by atoms with Crippen LogP contribution in [-0.2, 0) is 11.2 Å². The fourth-order valence-corrected chi connectivity index (χ4v) is 1.43. The summed E-state index contributed by atoms with van der Waals surface area (Å²) in [5.41, 5.74) is 1.38. The number of hydrogen-bond donors (Lipinski definition) is 0. The van der Waals surface area contributed by atoms with Crippen molar-refractivity contribution in [3.63, 3.8) is 0 Å². The van der Waals surface area contributed by atoms with Crippen molar-refractivity contribution < 1.29 is 26.7 Å². The highest BCUT2D eigenvalue weighted by molar-refractivity contribution is 5.88. The molecule has 0 aliphatic rings. The Morgan fingerprint density at radius 2 is 1.67 bits per heavy atom. The zero-order valence-corrected chi connectivity index (χ0v) is 9.74. The van der Waals surface area contributed by atoms with Crippen LogP contribution in [0.2, 0.25) is 0 Å². The molecular formula is C12H11F5O. The Hall–Kier alpha value is -1.46. The number of carbonyl (C=O) groups excluding carboxylic acids is 1. The first kappa shape index (κ1) is 14.6. The molecule has 1 rings (SSSR count). The predicted molar refractivity (Wildman–Crippen MR) is 55.6 cm³/mol. The predicted octanol–water partition coefficient (Wildman–Crippen LogP) is 3.61. The van der Waals surface area contributed by atoms with E-state index in [9.17, 15) is 26.7 Å². The third-order valence-electron chi connectivity index (χ3n) is 2.56. The van der Waals surface area contributed by atoms with Crippen LogP contribution in [0.4, 0.5) is 22.0 Å². The Balaban J connectivity index is 2.98. The van der Waals surface area contributed by atoms with Crippen molar-refractivity contribution in [2.24, 2.45) is 0 Å². The van der Waals surface area contributed by atoms with Crippen molar-refractivity contribution in [3.8, 4) is 0 Å². The van der Waals surface area contributed by atoms with Crippen LogP contribution in [-0.4, -0.2) is 17.9 Å². The van der Waals surface area contributed by atoms with Gasteiger partial charge in [0.2, 0.25) is 5.78 Å². The van der Waals surface area contributed by atoms with E-state index in [0.717, 1.165) is 0 Å². The molecule has 18 heavy (non-hydrogen) atoms. The van der Waals surface area contributed by atoms with E-state index in [1.807, 2.05) is 0 Å². The molecule has 0 radical (unpaired) electrons. The Morgan fingerprint density at radius 1 is 1.11 bits per heavy atom. The number of Topliss-reactive ketones (excluding diaryl/α,β-unsaturated/α-hetero) is 1. The van der Waals surface area contributed by atoms with Crippen LogP contribution in [0, 0.1) is 13.8 Å². The van der Waals surface area contributed by atoms with Gasteiger partial charge in [0, 0.05) is 6.42 Å². The number of carbonyl (C=O) groups is 1. The number of halogens is 5. The SMILES string of the molecule is Cc1ccc(C)c(CC(=O)C(F)(F)C(F)(F)F)c1. The summed E-state index contributed by atoms with van der Waals surface area (Å²) in [6.07, 6.45) is -6.78. The van der Waals surface area contributed by atoms with Crippen LogP contribution in [0.5, 0.6) is 0 Å². The van der Waals surface area contributed by atoms with Gasteiger partial charge in [0.15, 0.2) is 0 Å². The summed E-state index contributed by atoms with van der Waals surface area (Å²) in [5, 5.41) is 0. The normalized spacial score (nSPS) is 12.6. The van der Waals surface area contributed by atoms with Crippen LogP contribution >= 0.6 is 0 Å². The van der Waals surface area contributed by atoms with Crippen molar-refractivity contribution in [3.05, 3.63) is 34.9 Å². The van der Waals surface area contributed by atoms with E-state index in [1.54, 1.807) is 26.0 Å². The second-order valence-corrected chi connectivity index (χ2v) is 4.10. The number of benzene rings is 1. The quantitative estimate of drug-likeness (QED) is 0.764. The topological polar surface area (TPSA) is 17.1 Å². The van der Waals surface area contributed by atoms with E-state index in [4.69, 9.17) is 0 Å². The molecule has 0 amide bonds. The molecule has 1 nitrogen and oxygen atoms in total. The highest BCUT2D eigenvalue weighted by Crippen LogP contribution is 2.37. The molecule has 0 heterocycles. The Labute approximate surface area is 101 Å². The number of aryl methyl sites for hydroxylation is 2. The molecule has 0 bridgehead atoms. The molecule has 0 aliphatic heterocycles. The molecule has 0 aliphatic carbocycles. The van der Waals surface area contributed by atoms with Gasteiger partial charge in [0.05, 0.1) is 0 Å². The summed E-state index contributed by atoms with van der Waals surface area (Å²) >= 11 is 0. The largest absolute Gasteiger partial charge is 0.461 e. The van der Waals surface area contributed by atoms with E-state index < -0.39 is 24.3 Å². The number of ketones is 1. The average molecular weight is 266 g/mol. The molecule has 0 aromatic heterocycles. The average Bonchev–Trinajstić information content (AvgIpc) is 2.21. The molecular weight excluding hydrogens is 255 g/mol. The molecule has 6 heteroatoms. The molecule has 0 fully saturated rings. The van der Waals surface area contributed by atoms with Crippen LogP contribution in [0.25, 0.3) is 0 Å². The summed E-state index contributed by atoms with van der Waals surface area (Å²) in [6.45, 7) is 3.21. The molecule has 0 spiro atoms. The lowest BCUT2D eigenvalue weighted by atomic mass is 9.98. The van der Waals surface area contributed by atoms with Crippen LogP contribution in [0.3, 0.4) is 0 Å². The third-order valence-corrected chi connectivity index (χ3v) is 2.56. The Morgan fingerprint density at radius 3 is 2.17 bits per heavy atom. The van der Waals surface area contributed by atoms with E-state index in [-0.39, 0.29) is 5.56 Å². The second kappa shape index (κ2) is 4.66. The van der Waals surface area contributed by atoms with Gasteiger partial charge in [-0.15, -0.1) is 0 Å². The van der Waals surface area contributed by atoms with Crippen molar-refractivity contribution >= 4 is 5.78 Å². The maximum atomic E-state index is 12.8. The molecule has 1 aromatic carbocycles. The van der Waals surface area contributed by atoms with Gasteiger partial charge in [-0.05, 0) is 25.0 Å². The fourth-order valence-electron chi connectivity index (χ4n) is 1.43. The molecule has 0 N–H and O–H groups in total. The summed E-state index contributed by atoms with van der Waals surface area (Å²) < 4.78 is 61.5.